The average Bonchev–Trinajstić information content (AvgIpc) is 2.63. The minimum absolute atomic E-state index is 0.0341. The van der Waals surface area contributed by atoms with Crippen molar-refractivity contribution in [2.75, 3.05) is 20.1 Å². The van der Waals surface area contributed by atoms with E-state index in [0.717, 1.165) is 8.45 Å². The van der Waals surface area contributed by atoms with E-state index in [9.17, 15) is 4.79 Å². The van der Waals surface area contributed by atoms with E-state index in [1.54, 1.807) is 16.2 Å². The number of hydrogen-bond acceptors (Lipinski definition) is 3. The van der Waals surface area contributed by atoms with E-state index in [1.807, 2.05) is 18.5 Å². The van der Waals surface area contributed by atoms with Gasteiger partial charge in [0, 0.05) is 19.0 Å². The Morgan fingerprint density at radius 2 is 2.25 bits per heavy atom. The first-order chi connectivity index (χ1) is 7.35. The van der Waals surface area contributed by atoms with Crippen LogP contribution in [-0.2, 0) is 0 Å². The number of amides is 1. The molecule has 3 nitrogen and oxygen atoms in total. The Labute approximate surface area is 114 Å². The molecule has 0 aliphatic carbocycles. The van der Waals surface area contributed by atoms with Crippen LogP contribution in [0.15, 0.2) is 11.4 Å². The van der Waals surface area contributed by atoms with Crippen molar-refractivity contribution in [2.24, 2.45) is 11.1 Å². The average molecular weight is 352 g/mol. The summed E-state index contributed by atoms with van der Waals surface area (Å²) in [5.41, 5.74) is 6.39. The summed E-state index contributed by atoms with van der Waals surface area (Å²) in [4.78, 5) is 13.8. The van der Waals surface area contributed by atoms with E-state index in [0.29, 0.717) is 13.1 Å². The molecule has 0 saturated carbocycles. The maximum Gasteiger partial charge on any atom is 0.254 e. The Bertz CT molecular complexity index is 376. The lowest BCUT2D eigenvalue weighted by Gasteiger charge is -2.28. The molecule has 0 aliphatic heterocycles. The van der Waals surface area contributed by atoms with Crippen LogP contribution in [0.3, 0.4) is 0 Å². The van der Waals surface area contributed by atoms with E-state index >= 15 is 0 Å². The summed E-state index contributed by atoms with van der Waals surface area (Å²) in [5, 5.41) is 1.90. The molecule has 0 spiro atoms. The predicted molar refractivity (Wildman–Crippen MR) is 76.8 cm³/mol. The second-order valence-corrected chi connectivity index (χ2v) is 7.47. The van der Waals surface area contributed by atoms with Crippen LogP contribution in [-0.4, -0.2) is 30.9 Å². The van der Waals surface area contributed by atoms with Crippen LogP contribution >= 0.6 is 33.9 Å². The van der Waals surface area contributed by atoms with Crippen molar-refractivity contribution in [1.82, 2.24) is 4.90 Å². The van der Waals surface area contributed by atoms with Crippen LogP contribution in [0.25, 0.3) is 0 Å². The highest BCUT2D eigenvalue weighted by atomic mass is 127. The fraction of sp³-hybridized carbons (Fsp3) is 0.545. The van der Waals surface area contributed by atoms with Crippen molar-refractivity contribution in [3.63, 3.8) is 0 Å². The van der Waals surface area contributed by atoms with Crippen LogP contribution in [0.2, 0.25) is 0 Å². The molecule has 2 N–H and O–H groups in total. The lowest BCUT2D eigenvalue weighted by atomic mass is 9.93. The zero-order valence-electron chi connectivity index (χ0n) is 9.79. The second-order valence-electron chi connectivity index (χ2n) is 4.67. The molecule has 1 aromatic heterocycles. The summed E-state index contributed by atoms with van der Waals surface area (Å²) < 4.78 is 1.13. The van der Waals surface area contributed by atoms with Gasteiger partial charge in [-0.05, 0) is 40.6 Å². The third-order valence-electron chi connectivity index (χ3n) is 2.38. The first-order valence-corrected chi connectivity index (χ1v) is 7.01. The molecule has 5 heteroatoms. The van der Waals surface area contributed by atoms with Crippen molar-refractivity contribution in [2.45, 2.75) is 13.8 Å². The van der Waals surface area contributed by atoms with E-state index < -0.39 is 0 Å². The zero-order chi connectivity index (χ0) is 12.3. The number of nitrogens with two attached hydrogens (primary N) is 1. The topological polar surface area (TPSA) is 46.3 Å². The summed E-state index contributed by atoms with van der Waals surface area (Å²) in [5.74, 6) is 0.0701. The monoisotopic (exact) mass is 352 g/mol. The number of carbonyl (C=O) groups is 1. The van der Waals surface area contributed by atoms with E-state index in [2.05, 4.69) is 36.4 Å². The van der Waals surface area contributed by atoms with Crippen molar-refractivity contribution in [3.8, 4) is 0 Å². The van der Waals surface area contributed by atoms with Gasteiger partial charge in [-0.1, -0.05) is 13.8 Å². The van der Waals surface area contributed by atoms with Gasteiger partial charge < -0.3 is 10.6 Å². The molecule has 0 aliphatic rings. The highest BCUT2D eigenvalue weighted by Crippen LogP contribution is 2.20. The SMILES string of the molecule is CN(CC(C)(C)CN)C(=O)c1csc(I)c1. The zero-order valence-corrected chi connectivity index (χ0v) is 12.8. The Hall–Kier alpha value is -0.140. The first-order valence-electron chi connectivity index (χ1n) is 5.05. The van der Waals surface area contributed by atoms with Gasteiger partial charge in [0.1, 0.15) is 0 Å². The van der Waals surface area contributed by atoms with Gasteiger partial charge in [-0.25, -0.2) is 0 Å². The Morgan fingerprint density at radius 1 is 1.62 bits per heavy atom. The van der Waals surface area contributed by atoms with Gasteiger partial charge in [0.2, 0.25) is 0 Å². The van der Waals surface area contributed by atoms with E-state index in [-0.39, 0.29) is 11.3 Å². The van der Waals surface area contributed by atoms with Crippen LogP contribution in [0, 0.1) is 8.30 Å². The molecule has 1 amide bonds. The van der Waals surface area contributed by atoms with Gasteiger partial charge in [-0.15, -0.1) is 11.3 Å². The Morgan fingerprint density at radius 3 is 2.69 bits per heavy atom. The van der Waals surface area contributed by atoms with Gasteiger partial charge in [-0.2, -0.15) is 0 Å². The lowest BCUT2D eigenvalue weighted by molar-refractivity contribution is 0.0741. The molecule has 90 valence electrons. The number of halogens is 1. The lowest BCUT2D eigenvalue weighted by Crippen LogP contribution is -2.39. The van der Waals surface area contributed by atoms with Crippen molar-refractivity contribution >= 4 is 39.8 Å². The summed E-state index contributed by atoms with van der Waals surface area (Å²) in [6.07, 6.45) is 0. The molecular formula is C11H17IN2OS. The van der Waals surface area contributed by atoms with Gasteiger partial charge in [0.15, 0.2) is 0 Å². The maximum atomic E-state index is 12.0. The third-order valence-corrected chi connectivity index (χ3v) is 4.17. The number of hydrogen-bond donors (Lipinski definition) is 1. The fourth-order valence-corrected chi connectivity index (χ4v) is 2.74. The molecule has 1 heterocycles. The third kappa shape index (κ3) is 3.71. The van der Waals surface area contributed by atoms with Crippen molar-refractivity contribution in [1.29, 1.82) is 0 Å². The van der Waals surface area contributed by atoms with Crippen LogP contribution in [0.5, 0.6) is 0 Å². The van der Waals surface area contributed by atoms with Crippen LogP contribution in [0.4, 0.5) is 0 Å². The molecule has 0 fully saturated rings. The normalized spacial score (nSPS) is 11.6. The molecule has 1 rings (SSSR count). The minimum atomic E-state index is -0.0341. The van der Waals surface area contributed by atoms with Gasteiger partial charge in [0.25, 0.3) is 5.91 Å². The quantitative estimate of drug-likeness (QED) is 0.846. The van der Waals surface area contributed by atoms with Gasteiger partial charge in [0.05, 0.1) is 8.45 Å². The standard InChI is InChI=1S/C11H17IN2OS/c1-11(2,6-13)7-14(3)10(15)8-4-9(12)16-5-8/h4-5H,6-7,13H2,1-3H3. The van der Waals surface area contributed by atoms with E-state index in [1.165, 1.54) is 0 Å². The molecule has 16 heavy (non-hydrogen) atoms. The van der Waals surface area contributed by atoms with E-state index in [4.69, 9.17) is 5.73 Å². The molecule has 0 atom stereocenters. The molecule has 0 unspecified atom stereocenters. The molecular weight excluding hydrogens is 335 g/mol. The first kappa shape index (κ1) is 13.9. The maximum absolute atomic E-state index is 12.0. The number of carbonyl (C=O) groups excluding carboxylic acids is 1. The molecule has 0 bridgehead atoms. The summed E-state index contributed by atoms with van der Waals surface area (Å²) in [7, 11) is 1.82. The minimum Gasteiger partial charge on any atom is -0.341 e. The highest BCUT2D eigenvalue weighted by molar-refractivity contribution is 14.1. The Balaban J connectivity index is 2.68. The van der Waals surface area contributed by atoms with Gasteiger partial charge in [-0.3, -0.25) is 4.79 Å². The van der Waals surface area contributed by atoms with Crippen molar-refractivity contribution < 1.29 is 4.79 Å². The summed E-state index contributed by atoms with van der Waals surface area (Å²) in [6.45, 7) is 5.38. The summed E-state index contributed by atoms with van der Waals surface area (Å²) >= 11 is 3.81. The highest BCUT2D eigenvalue weighted by Gasteiger charge is 2.22. The smallest absolute Gasteiger partial charge is 0.254 e. The van der Waals surface area contributed by atoms with Gasteiger partial charge >= 0.3 is 0 Å². The Kier molecular flexibility index (Phi) is 4.75. The fourth-order valence-electron chi connectivity index (χ4n) is 1.42. The number of rotatable bonds is 4. The number of thiophene rings is 1. The molecule has 0 saturated heterocycles. The predicted octanol–water partition coefficient (Wildman–Crippen LogP) is 2.41. The molecule has 1 aromatic rings. The van der Waals surface area contributed by atoms with Crippen LogP contribution < -0.4 is 5.73 Å². The molecule has 0 radical (unpaired) electrons. The van der Waals surface area contributed by atoms with Crippen molar-refractivity contribution in [3.05, 3.63) is 19.9 Å². The largest absolute Gasteiger partial charge is 0.341 e. The summed E-state index contributed by atoms with van der Waals surface area (Å²) in [6, 6.07) is 1.92. The number of nitrogens with zero attached hydrogens (tertiary/aromatic N) is 1. The van der Waals surface area contributed by atoms with Crippen LogP contribution in [0.1, 0.15) is 24.2 Å². The second kappa shape index (κ2) is 5.46. The molecule has 0 aromatic carbocycles.